The molecule has 0 spiro atoms. The van der Waals surface area contributed by atoms with E-state index >= 15 is 0 Å². The SMILES string of the molecule is Cc1ccc(CC(=O)N(Cc2ccccn2)c2nc3c(F)cc(F)cc3s2)cc1. The highest BCUT2D eigenvalue weighted by molar-refractivity contribution is 7.22. The first-order chi connectivity index (χ1) is 14.0. The fourth-order valence-electron chi connectivity index (χ4n) is 2.95. The topological polar surface area (TPSA) is 46.1 Å². The average molecular weight is 409 g/mol. The van der Waals surface area contributed by atoms with Crippen LogP contribution in [0.3, 0.4) is 0 Å². The minimum atomic E-state index is -0.744. The van der Waals surface area contributed by atoms with E-state index in [2.05, 4.69) is 9.97 Å². The molecule has 0 unspecified atom stereocenters. The summed E-state index contributed by atoms with van der Waals surface area (Å²) in [5.74, 6) is -1.61. The maximum atomic E-state index is 14.1. The maximum absolute atomic E-state index is 14.1. The molecule has 2 aromatic heterocycles. The molecule has 1 amide bonds. The van der Waals surface area contributed by atoms with Crippen LogP contribution in [0.5, 0.6) is 0 Å². The summed E-state index contributed by atoms with van der Waals surface area (Å²) in [5.41, 5.74) is 2.70. The van der Waals surface area contributed by atoms with Crippen molar-refractivity contribution >= 4 is 32.6 Å². The first-order valence-electron chi connectivity index (χ1n) is 9.01. The van der Waals surface area contributed by atoms with Crippen molar-refractivity contribution in [3.8, 4) is 0 Å². The summed E-state index contributed by atoms with van der Waals surface area (Å²) in [6, 6.07) is 15.1. The number of thiazole rings is 1. The fraction of sp³-hybridized carbons (Fsp3) is 0.136. The van der Waals surface area contributed by atoms with Crippen LogP contribution in [0.2, 0.25) is 0 Å². The van der Waals surface area contributed by atoms with Gasteiger partial charge in [-0.25, -0.2) is 13.8 Å². The van der Waals surface area contributed by atoms with Crippen molar-refractivity contribution < 1.29 is 13.6 Å². The molecule has 4 aromatic rings. The lowest BCUT2D eigenvalue weighted by Gasteiger charge is -2.19. The summed E-state index contributed by atoms with van der Waals surface area (Å²) in [5, 5.41) is 0.312. The number of amides is 1. The number of aryl methyl sites for hydroxylation is 1. The van der Waals surface area contributed by atoms with Gasteiger partial charge in [-0.05, 0) is 30.7 Å². The van der Waals surface area contributed by atoms with Crippen molar-refractivity contribution in [2.75, 3.05) is 4.90 Å². The predicted molar refractivity (Wildman–Crippen MR) is 110 cm³/mol. The molecule has 29 heavy (non-hydrogen) atoms. The van der Waals surface area contributed by atoms with Gasteiger partial charge in [0.15, 0.2) is 10.9 Å². The monoisotopic (exact) mass is 409 g/mol. The van der Waals surface area contributed by atoms with Crippen LogP contribution in [0.4, 0.5) is 13.9 Å². The summed E-state index contributed by atoms with van der Waals surface area (Å²) >= 11 is 1.08. The molecule has 0 aliphatic carbocycles. The lowest BCUT2D eigenvalue weighted by Crippen LogP contribution is -2.32. The quantitative estimate of drug-likeness (QED) is 0.463. The predicted octanol–water partition coefficient (Wildman–Crippen LogP) is 5.05. The van der Waals surface area contributed by atoms with Crippen LogP contribution in [0.15, 0.2) is 60.8 Å². The van der Waals surface area contributed by atoms with Crippen LogP contribution in [0.25, 0.3) is 10.2 Å². The Morgan fingerprint density at radius 1 is 1.10 bits per heavy atom. The molecule has 4 nitrogen and oxygen atoms in total. The highest BCUT2D eigenvalue weighted by Gasteiger charge is 2.22. The number of hydrogen-bond acceptors (Lipinski definition) is 4. The van der Waals surface area contributed by atoms with Gasteiger partial charge in [0.1, 0.15) is 11.3 Å². The van der Waals surface area contributed by atoms with Crippen LogP contribution in [0, 0.1) is 18.6 Å². The second-order valence-electron chi connectivity index (χ2n) is 6.69. The molecule has 146 valence electrons. The smallest absolute Gasteiger partial charge is 0.233 e. The summed E-state index contributed by atoms with van der Waals surface area (Å²) in [7, 11) is 0. The largest absolute Gasteiger partial charge is 0.282 e. The zero-order valence-electron chi connectivity index (χ0n) is 15.6. The highest BCUT2D eigenvalue weighted by Crippen LogP contribution is 2.32. The second kappa shape index (κ2) is 8.05. The Balaban J connectivity index is 1.70. The Bertz CT molecular complexity index is 1160. The van der Waals surface area contributed by atoms with Crippen LogP contribution in [-0.4, -0.2) is 15.9 Å². The van der Waals surface area contributed by atoms with Crippen LogP contribution >= 0.6 is 11.3 Å². The van der Waals surface area contributed by atoms with Gasteiger partial charge in [-0.3, -0.25) is 14.7 Å². The summed E-state index contributed by atoms with van der Waals surface area (Å²) in [4.78, 5) is 23.2. The third kappa shape index (κ3) is 4.30. The maximum Gasteiger partial charge on any atom is 0.233 e. The van der Waals surface area contributed by atoms with E-state index in [-0.39, 0.29) is 24.4 Å². The van der Waals surface area contributed by atoms with Crippen molar-refractivity contribution in [3.63, 3.8) is 0 Å². The number of carbonyl (C=O) groups is 1. The van der Waals surface area contributed by atoms with Crippen LogP contribution in [-0.2, 0) is 17.8 Å². The van der Waals surface area contributed by atoms with E-state index < -0.39 is 11.6 Å². The molecule has 0 N–H and O–H groups in total. The number of rotatable bonds is 5. The number of aromatic nitrogens is 2. The van der Waals surface area contributed by atoms with Crippen molar-refractivity contribution in [2.45, 2.75) is 19.9 Å². The molecule has 0 bridgehead atoms. The summed E-state index contributed by atoms with van der Waals surface area (Å²) in [6.07, 6.45) is 1.81. The summed E-state index contributed by atoms with van der Waals surface area (Å²) in [6.45, 7) is 2.17. The van der Waals surface area contributed by atoms with Crippen molar-refractivity contribution in [2.24, 2.45) is 0 Å². The number of anilines is 1. The van der Waals surface area contributed by atoms with Gasteiger partial charge in [0.05, 0.1) is 23.4 Å². The Morgan fingerprint density at radius 3 is 2.62 bits per heavy atom. The van der Waals surface area contributed by atoms with E-state index in [4.69, 9.17) is 0 Å². The second-order valence-corrected chi connectivity index (χ2v) is 7.70. The molecular formula is C22H17F2N3OS. The van der Waals surface area contributed by atoms with E-state index in [1.165, 1.54) is 11.0 Å². The first-order valence-corrected chi connectivity index (χ1v) is 9.82. The average Bonchev–Trinajstić information content (AvgIpc) is 3.12. The van der Waals surface area contributed by atoms with Crippen molar-refractivity contribution in [1.82, 2.24) is 9.97 Å². The first kappa shape index (κ1) is 19.1. The lowest BCUT2D eigenvalue weighted by molar-refractivity contribution is -0.118. The van der Waals surface area contributed by atoms with Gasteiger partial charge in [0.25, 0.3) is 0 Å². The molecule has 4 rings (SSSR count). The number of benzene rings is 2. The van der Waals surface area contributed by atoms with Gasteiger partial charge in [0, 0.05) is 12.3 Å². The van der Waals surface area contributed by atoms with Gasteiger partial charge >= 0.3 is 0 Å². The van der Waals surface area contributed by atoms with Gasteiger partial charge in [-0.1, -0.05) is 47.2 Å². The molecule has 2 heterocycles. The number of carbonyl (C=O) groups excluding carboxylic acids is 1. The third-order valence-corrected chi connectivity index (χ3v) is 5.48. The standard InChI is InChI=1S/C22H17F2N3OS/c1-14-5-7-15(8-6-14)10-20(28)27(13-17-4-2-3-9-25-17)22-26-21-18(24)11-16(23)12-19(21)29-22/h2-9,11-12H,10,13H2,1H3. The number of fused-ring (bicyclic) bond motifs is 1. The lowest BCUT2D eigenvalue weighted by atomic mass is 10.1. The van der Waals surface area contributed by atoms with Gasteiger partial charge in [-0.2, -0.15) is 0 Å². The minimum Gasteiger partial charge on any atom is -0.282 e. The molecule has 0 radical (unpaired) electrons. The molecule has 0 atom stereocenters. The molecule has 0 fully saturated rings. The van der Waals surface area contributed by atoms with Gasteiger partial charge < -0.3 is 0 Å². The van der Waals surface area contributed by atoms with Crippen molar-refractivity contribution in [1.29, 1.82) is 0 Å². The zero-order valence-corrected chi connectivity index (χ0v) is 16.4. The van der Waals surface area contributed by atoms with Crippen LogP contribution in [0.1, 0.15) is 16.8 Å². The molecule has 0 aliphatic rings. The molecule has 0 aliphatic heterocycles. The van der Waals surface area contributed by atoms with Gasteiger partial charge in [-0.15, -0.1) is 0 Å². The van der Waals surface area contributed by atoms with E-state index in [0.717, 1.165) is 28.5 Å². The van der Waals surface area contributed by atoms with Crippen molar-refractivity contribution in [3.05, 3.63) is 89.2 Å². The molecule has 0 saturated carbocycles. The Kier molecular flexibility index (Phi) is 5.31. The zero-order chi connectivity index (χ0) is 20.4. The number of nitrogens with zero attached hydrogens (tertiary/aromatic N) is 3. The van der Waals surface area contributed by atoms with E-state index in [1.807, 2.05) is 37.3 Å². The van der Waals surface area contributed by atoms with E-state index in [1.54, 1.807) is 18.3 Å². The fourth-order valence-corrected chi connectivity index (χ4v) is 3.97. The highest BCUT2D eigenvalue weighted by atomic mass is 32.1. The Morgan fingerprint density at radius 2 is 1.90 bits per heavy atom. The molecular weight excluding hydrogens is 392 g/mol. The normalized spacial score (nSPS) is 11.0. The van der Waals surface area contributed by atoms with E-state index in [9.17, 15) is 13.6 Å². The number of halogens is 2. The third-order valence-electron chi connectivity index (χ3n) is 4.46. The molecule has 7 heteroatoms. The van der Waals surface area contributed by atoms with Crippen LogP contribution < -0.4 is 4.90 Å². The van der Waals surface area contributed by atoms with E-state index in [0.29, 0.717) is 15.5 Å². The molecule has 2 aromatic carbocycles. The van der Waals surface area contributed by atoms with Gasteiger partial charge in [0.2, 0.25) is 5.91 Å². The number of hydrogen-bond donors (Lipinski definition) is 0. The number of pyridine rings is 1. The Labute approximate surface area is 170 Å². The minimum absolute atomic E-state index is 0.0561. The Hall–Kier alpha value is -3.19. The molecule has 0 saturated heterocycles. The summed E-state index contributed by atoms with van der Waals surface area (Å²) < 4.78 is 28.1.